The fourth-order valence-electron chi connectivity index (χ4n) is 9.44. The highest BCUT2D eigenvalue weighted by Gasteiger charge is 3.04. The zero-order valence-corrected chi connectivity index (χ0v) is 24.5. The molecule has 43 heavy (non-hydrogen) atoms. The smallest absolute Gasteiger partial charge is 0.355 e. The van der Waals surface area contributed by atoms with Crippen LogP contribution >= 0.6 is 0 Å². The molecular weight excluding hydrogens is 558 g/mol. The van der Waals surface area contributed by atoms with Gasteiger partial charge in [0.05, 0.1) is 5.41 Å². The van der Waals surface area contributed by atoms with E-state index in [1.165, 1.54) is 13.0 Å². The number of carbonyl (C=O) groups is 1. The summed E-state index contributed by atoms with van der Waals surface area (Å²) < 4.78 is 19.3. The van der Waals surface area contributed by atoms with Gasteiger partial charge >= 0.3 is 5.97 Å². The highest BCUT2D eigenvalue weighted by atomic mass is 16.8. The van der Waals surface area contributed by atoms with Crippen LogP contribution in [0.15, 0.2) is 60.8 Å². The van der Waals surface area contributed by atoms with Crippen molar-refractivity contribution in [2.24, 2.45) is 16.7 Å². The monoisotopic (exact) mass is 597 g/mol. The molecule has 4 saturated heterocycles. The molecule has 4 aliphatic heterocycles. The molecular formula is C31H39N3O9. The molecule has 0 unspecified atom stereocenters. The number of para-hydroxylation sites is 1. The number of aromatic amines is 1. The Hall–Kier alpha value is -2.81. The van der Waals surface area contributed by atoms with E-state index in [0.29, 0.717) is 5.69 Å². The topological polar surface area (TPSA) is 186 Å². The van der Waals surface area contributed by atoms with Crippen LogP contribution in [0.25, 0.3) is 0 Å². The van der Waals surface area contributed by atoms with Crippen LogP contribution in [0.2, 0.25) is 0 Å². The summed E-state index contributed by atoms with van der Waals surface area (Å²) in [6.07, 6.45) is -2.03. The van der Waals surface area contributed by atoms with E-state index in [-0.39, 0.29) is 30.5 Å². The number of carbonyl (C=O) groups excluding carboxylic acids is 1. The fraction of sp³-hybridized carbons (Fsp3) is 0.581. The lowest BCUT2D eigenvalue weighted by atomic mass is 9.43. The quantitative estimate of drug-likeness (QED) is 0.136. The first-order valence-corrected chi connectivity index (χ1v) is 14.6. The summed E-state index contributed by atoms with van der Waals surface area (Å²) in [6.45, 7) is 10.3. The fourth-order valence-corrected chi connectivity index (χ4v) is 9.44. The molecule has 5 bridgehead atoms. The van der Waals surface area contributed by atoms with Crippen LogP contribution in [0, 0.1) is 16.7 Å². The average molecular weight is 598 g/mol. The molecule has 8 N–H and O–H groups in total. The number of hydrogen-bond acceptors (Lipinski definition) is 11. The molecule has 1 aromatic heterocycles. The van der Waals surface area contributed by atoms with Crippen molar-refractivity contribution < 1.29 is 44.5 Å². The number of aliphatic hydroxyl groups is 5. The standard InChI is InChI=1S/C31H39N3O9/c1-17(2)28(39)23(41-22(36)20-12-9-15-32-20)30(34-33-19-10-7-6-8-11-19)24(4)16-27(38)25(28,5)31(40,43-30)29(42-27)21(35)18(3)13-14-26(24,29)37/h6-12,15,17,21,23,32-35,37-40H,3,13-14,16H2,1-2,4-5H3/t21-,23-,24+,25+,26+,27+,28-,29-,30-,31-/m1/s1. The van der Waals surface area contributed by atoms with E-state index < -0.39 is 69.0 Å². The molecule has 232 valence electrons. The number of nitrogens with one attached hydrogen (secondary N) is 3. The molecule has 1 saturated carbocycles. The minimum absolute atomic E-state index is 0.0383. The number of esters is 1. The van der Waals surface area contributed by atoms with Gasteiger partial charge in [-0.15, -0.1) is 0 Å². The maximum Gasteiger partial charge on any atom is 0.355 e. The Morgan fingerprint density at radius 2 is 1.79 bits per heavy atom. The number of aliphatic hydroxyl groups excluding tert-OH is 1. The molecule has 5 heterocycles. The third-order valence-corrected chi connectivity index (χ3v) is 11.8. The maximum absolute atomic E-state index is 13.7. The summed E-state index contributed by atoms with van der Waals surface area (Å²) >= 11 is 0. The van der Waals surface area contributed by atoms with Gasteiger partial charge < -0.3 is 50.2 Å². The average Bonchev–Trinajstić information content (AvgIpc) is 3.53. The number of benzene rings is 1. The number of ether oxygens (including phenoxy) is 3. The van der Waals surface area contributed by atoms with E-state index in [9.17, 15) is 30.3 Å². The molecule has 12 heteroatoms. The number of rotatable bonds is 6. The van der Waals surface area contributed by atoms with E-state index >= 15 is 0 Å². The van der Waals surface area contributed by atoms with Gasteiger partial charge in [0.15, 0.2) is 23.2 Å². The second-order valence-electron chi connectivity index (χ2n) is 13.6. The highest BCUT2D eigenvalue weighted by Crippen LogP contribution is 2.84. The van der Waals surface area contributed by atoms with E-state index in [0.717, 1.165) is 0 Å². The van der Waals surface area contributed by atoms with Gasteiger partial charge in [0.25, 0.3) is 0 Å². The molecule has 0 radical (unpaired) electrons. The van der Waals surface area contributed by atoms with Gasteiger partial charge in [0.1, 0.15) is 28.4 Å². The number of anilines is 1. The Kier molecular flexibility index (Phi) is 5.56. The summed E-state index contributed by atoms with van der Waals surface area (Å²) in [5.41, 5.74) is -5.62. The molecule has 10 atom stereocenters. The Bertz CT molecular complexity index is 1500. The Morgan fingerprint density at radius 3 is 2.42 bits per heavy atom. The van der Waals surface area contributed by atoms with Gasteiger partial charge in [-0.3, -0.25) is 0 Å². The summed E-state index contributed by atoms with van der Waals surface area (Å²) in [6, 6.07) is 12.1. The highest BCUT2D eigenvalue weighted by molar-refractivity contribution is 5.87. The van der Waals surface area contributed by atoms with Crippen molar-refractivity contribution in [3.8, 4) is 0 Å². The lowest BCUT2D eigenvalue weighted by Gasteiger charge is -2.75. The first-order chi connectivity index (χ1) is 20.1. The molecule has 1 aliphatic carbocycles. The molecule has 0 amide bonds. The van der Waals surface area contributed by atoms with Crippen molar-refractivity contribution in [2.75, 3.05) is 5.43 Å². The Morgan fingerprint density at radius 1 is 1.09 bits per heavy atom. The van der Waals surface area contributed by atoms with Crippen LogP contribution in [0.4, 0.5) is 5.69 Å². The molecule has 1 spiro atoms. The summed E-state index contributed by atoms with van der Waals surface area (Å²) in [5, 5.41) is 63.4. The van der Waals surface area contributed by atoms with Crippen molar-refractivity contribution in [3.05, 3.63) is 66.5 Å². The number of hydrazine groups is 1. The van der Waals surface area contributed by atoms with Gasteiger partial charge in [-0.2, -0.15) is 0 Å². The van der Waals surface area contributed by atoms with Gasteiger partial charge in [-0.25, -0.2) is 10.2 Å². The lowest BCUT2D eigenvalue weighted by Crippen LogP contribution is -2.96. The first kappa shape index (κ1) is 28.9. The van der Waals surface area contributed by atoms with Crippen LogP contribution < -0.4 is 10.9 Å². The van der Waals surface area contributed by atoms with Gasteiger partial charge in [0, 0.05) is 18.3 Å². The third-order valence-electron chi connectivity index (χ3n) is 11.8. The van der Waals surface area contributed by atoms with Crippen molar-refractivity contribution >= 4 is 11.7 Å². The SMILES string of the molecule is C=C1CC[C@]2(O)[C@]3(C)C[C@]4(O)O[C@@]2([C@@H]1O)[C@]1(O)O[C@]3(NNc2ccccc2)[C@H](OC(=O)c2ccc[nH]2)[C@](O)(C(C)C)[C@@]14C. The van der Waals surface area contributed by atoms with Crippen molar-refractivity contribution in [3.63, 3.8) is 0 Å². The number of hydrogen-bond donors (Lipinski definition) is 8. The largest absolute Gasteiger partial charge is 0.450 e. The lowest BCUT2D eigenvalue weighted by molar-refractivity contribution is -0.520. The zero-order valence-electron chi connectivity index (χ0n) is 24.5. The molecule has 5 aliphatic rings. The van der Waals surface area contributed by atoms with Crippen molar-refractivity contribution in [1.29, 1.82) is 0 Å². The summed E-state index contributed by atoms with van der Waals surface area (Å²) in [5.74, 6) is -6.78. The van der Waals surface area contributed by atoms with Crippen molar-refractivity contribution in [1.82, 2.24) is 10.4 Å². The van der Waals surface area contributed by atoms with Crippen molar-refractivity contribution in [2.45, 2.75) is 93.3 Å². The third kappa shape index (κ3) is 2.72. The Balaban J connectivity index is 1.55. The van der Waals surface area contributed by atoms with Gasteiger partial charge in [-0.1, -0.05) is 45.5 Å². The van der Waals surface area contributed by atoms with E-state index in [1.54, 1.807) is 57.3 Å². The maximum atomic E-state index is 13.7. The van der Waals surface area contributed by atoms with Crippen LogP contribution in [0.3, 0.4) is 0 Å². The van der Waals surface area contributed by atoms with Crippen LogP contribution in [0.5, 0.6) is 0 Å². The van der Waals surface area contributed by atoms with E-state index in [1.807, 2.05) is 6.07 Å². The Labute approximate surface area is 248 Å². The predicted molar refractivity (Wildman–Crippen MR) is 151 cm³/mol. The van der Waals surface area contributed by atoms with Crippen LogP contribution in [-0.2, 0) is 14.2 Å². The van der Waals surface area contributed by atoms with Gasteiger partial charge in [-0.05, 0) is 55.5 Å². The second kappa shape index (κ2) is 8.26. The van der Waals surface area contributed by atoms with E-state index in [4.69, 9.17) is 14.2 Å². The number of fused-ring (bicyclic) bond motifs is 4. The molecule has 12 nitrogen and oxygen atoms in total. The summed E-state index contributed by atoms with van der Waals surface area (Å²) in [7, 11) is 0. The van der Waals surface area contributed by atoms with E-state index in [2.05, 4.69) is 22.4 Å². The molecule has 2 aromatic rings. The number of aromatic nitrogens is 1. The van der Waals surface area contributed by atoms with Crippen LogP contribution in [-0.4, -0.2) is 82.8 Å². The second-order valence-corrected chi connectivity index (χ2v) is 13.6. The van der Waals surface area contributed by atoms with Gasteiger partial charge in [0.2, 0.25) is 5.79 Å². The normalized spacial score (nSPS) is 49.3. The molecule has 7 rings (SSSR count). The number of H-pyrrole nitrogens is 1. The zero-order chi connectivity index (χ0) is 31.1. The predicted octanol–water partition coefficient (Wildman–Crippen LogP) is 1.29. The molecule has 1 aromatic carbocycles. The minimum Gasteiger partial charge on any atom is -0.450 e. The molecule has 5 fully saturated rings. The first-order valence-electron chi connectivity index (χ1n) is 14.6. The minimum atomic E-state index is -2.75. The summed E-state index contributed by atoms with van der Waals surface area (Å²) in [4.78, 5) is 16.5. The van der Waals surface area contributed by atoms with Crippen LogP contribution in [0.1, 0.15) is 57.4 Å².